The van der Waals surface area contributed by atoms with Gasteiger partial charge >= 0.3 is 0 Å². The van der Waals surface area contributed by atoms with Gasteiger partial charge in [0.05, 0.1) is 12.1 Å². The first-order chi connectivity index (χ1) is 9.71. The van der Waals surface area contributed by atoms with Crippen molar-refractivity contribution < 1.29 is 4.74 Å². The molecule has 1 heterocycles. The number of nitrogens with one attached hydrogen (secondary N) is 1. The summed E-state index contributed by atoms with van der Waals surface area (Å²) in [7, 11) is 3.71. The molecule has 2 nitrogen and oxygen atoms in total. The quantitative estimate of drug-likeness (QED) is 0.871. The Morgan fingerprint density at radius 2 is 2.15 bits per heavy atom. The summed E-state index contributed by atoms with van der Waals surface area (Å²) in [4.78, 5) is 0. The molecule has 5 heteroatoms. The molecule has 1 saturated heterocycles. The van der Waals surface area contributed by atoms with E-state index in [9.17, 15) is 0 Å². The van der Waals surface area contributed by atoms with Gasteiger partial charge in [0.1, 0.15) is 5.75 Å². The molecule has 3 unspecified atom stereocenters. The van der Waals surface area contributed by atoms with Crippen molar-refractivity contribution >= 4 is 35.1 Å². The molecule has 2 rings (SSSR count). The highest BCUT2D eigenvalue weighted by molar-refractivity contribution is 8.07. The highest BCUT2D eigenvalue weighted by atomic mass is 35.5. The third-order valence-electron chi connectivity index (χ3n) is 3.67. The molecule has 3 atom stereocenters. The maximum atomic E-state index is 6.13. The van der Waals surface area contributed by atoms with E-state index in [1.54, 1.807) is 7.11 Å². The number of methoxy groups -OCH3 is 1. The lowest BCUT2D eigenvalue weighted by Gasteiger charge is -2.36. The first-order valence-corrected chi connectivity index (χ1v) is 9.42. The van der Waals surface area contributed by atoms with E-state index >= 15 is 0 Å². The van der Waals surface area contributed by atoms with Crippen LogP contribution in [-0.4, -0.2) is 36.2 Å². The number of halogens is 1. The summed E-state index contributed by atoms with van der Waals surface area (Å²) in [6, 6.07) is 6.44. The van der Waals surface area contributed by atoms with Crippen molar-refractivity contribution in [3.8, 4) is 5.75 Å². The number of thioether (sulfide) groups is 2. The summed E-state index contributed by atoms with van der Waals surface area (Å²) in [6.45, 7) is 2.28. The Labute approximate surface area is 135 Å². The summed E-state index contributed by atoms with van der Waals surface area (Å²) in [5, 5.41) is 5.45. The van der Waals surface area contributed by atoms with Crippen molar-refractivity contribution in [1.29, 1.82) is 0 Å². The molecule has 0 aromatic heterocycles. The number of rotatable bonds is 5. The van der Waals surface area contributed by atoms with E-state index in [-0.39, 0.29) is 0 Å². The molecule has 0 spiro atoms. The summed E-state index contributed by atoms with van der Waals surface area (Å²) in [5.41, 5.74) is 1.26. The summed E-state index contributed by atoms with van der Waals surface area (Å²) in [5.74, 6) is 3.25. The Balaban J connectivity index is 2.26. The van der Waals surface area contributed by atoms with Crippen LogP contribution in [0.1, 0.15) is 24.9 Å². The molecule has 1 aromatic carbocycles. The molecule has 0 aliphatic carbocycles. The van der Waals surface area contributed by atoms with E-state index in [1.807, 2.05) is 13.1 Å². The minimum Gasteiger partial charge on any atom is -0.495 e. The van der Waals surface area contributed by atoms with Crippen molar-refractivity contribution in [3.63, 3.8) is 0 Å². The van der Waals surface area contributed by atoms with Crippen LogP contribution in [0.3, 0.4) is 0 Å². The van der Waals surface area contributed by atoms with Crippen molar-refractivity contribution in [2.24, 2.45) is 0 Å². The number of ether oxygens (including phenoxy) is 1. The van der Waals surface area contributed by atoms with Gasteiger partial charge < -0.3 is 10.1 Å². The van der Waals surface area contributed by atoms with E-state index in [2.05, 4.69) is 47.9 Å². The standard InChI is InChI=1S/C15H22ClNOS2/c1-4-13-15(20-8-7-19-13)14(17-2)10-5-6-11(16)12(9-10)18-3/h5-6,9,13-15,17H,4,7-8H2,1-3H3. The molecular formula is C15H22ClNOS2. The monoisotopic (exact) mass is 331 g/mol. The smallest absolute Gasteiger partial charge is 0.137 e. The van der Waals surface area contributed by atoms with Crippen LogP contribution in [0.25, 0.3) is 0 Å². The number of hydrogen-bond acceptors (Lipinski definition) is 4. The maximum absolute atomic E-state index is 6.13. The Kier molecular flexibility index (Phi) is 6.40. The average Bonchev–Trinajstić information content (AvgIpc) is 2.50. The van der Waals surface area contributed by atoms with Gasteiger partial charge in [0, 0.05) is 28.0 Å². The van der Waals surface area contributed by atoms with Crippen LogP contribution in [0.15, 0.2) is 18.2 Å². The van der Waals surface area contributed by atoms with Gasteiger partial charge in [0.15, 0.2) is 0 Å². The van der Waals surface area contributed by atoms with E-state index < -0.39 is 0 Å². The first kappa shape index (κ1) is 16.3. The predicted molar refractivity (Wildman–Crippen MR) is 92.6 cm³/mol. The fraction of sp³-hybridized carbons (Fsp3) is 0.600. The average molecular weight is 332 g/mol. The van der Waals surface area contributed by atoms with Gasteiger partial charge in [-0.1, -0.05) is 24.6 Å². The Morgan fingerprint density at radius 1 is 1.40 bits per heavy atom. The molecular weight excluding hydrogens is 310 g/mol. The fourth-order valence-electron chi connectivity index (χ4n) is 2.64. The molecule has 0 bridgehead atoms. The molecule has 1 aliphatic heterocycles. The molecule has 112 valence electrons. The van der Waals surface area contributed by atoms with Crippen molar-refractivity contribution in [3.05, 3.63) is 28.8 Å². The van der Waals surface area contributed by atoms with Crippen LogP contribution >= 0.6 is 35.1 Å². The Hall–Kier alpha value is -0.0300. The highest BCUT2D eigenvalue weighted by Crippen LogP contribution is 2.41. The van der Waals surface area contributed by atoms with Gasteiger partial charge in [0.2, 0.25) is 0 Å². The van der Waals surface area contributed by atoms with Crippen LogP contribution in [0.4, 0.5) is 0 Å². The van der Waals surface area contributed by atoms with Gasteiger partial charge in [0.25, 0.3) is 0 Å². The Bertz CT molecular complexity index is 444. The number of benzene rings is 1. The molecule has 0 radical (unpaired) electrons. The fourth-order valence-corrected chi connectivity index (χ4v) is 6.12. The SMILES string of the molecule is CCC1SCCSC1C(NC)c1ccc(Cl)c(OC)c1. The van der Waals surface area contributed by atoms with E-state index in [0.717, 1.165) is 5.75 Å². The van der Waals surface area contributed by atoms with Gasteiger partial charge in [-0.25, -0.2) is 0 Å². The van der Waals surface area contributed by atoms with Crippen LogP contribution < -0.4 is 10.1 Å². The van der Waals surface area contributed by atoms with Crippen molar-refractivity contribution in [1.82, 2.24) is 5.32 Å². The minimum absolute atomic E-state index is 0.337. The zero-order valence-corrected chi connectivity index (χ0v) is 14.6. The topological polar surface area (TPSA) is 21.3 Å². The lowest BCUT2D eigenvalue weighted by Crippen LogP contribution is -2.37. The molecule has 1 aromatic rings. The van der Waals surface area contributed by atoms with Crippen LogP contribution in [0.5, 0.6) is 5.75 Å². The largest absolute Gasteiger partial charge is 0.495 e. The molecule has 0 amide bonds. The lowest BCUT2D eigenvalue weighted by molar-refractivity contribution is 0.413. The molecule has 0 saturated carbocycles. The summed E-state index contributed by atoms with van der Waals surface area (Å²) in [6.07, 6.45) is 1.21. The third-order valence-corrected chi connectivity index (χ3v) is 7.33. The third kappa shape index (κ3) is 3.59. The first-order valence-electron chi connectivity index (χ1n) is 6.95. The van der Waals surface area contributed by atoms with Crippen molar-refractivity contribution in [2.45, 2.75) is 29.9 Å². The zero-order chi connectivity index (χ0) is 14.5. The second kappa shape index (κ2) is 7.83. The second-order valence-corrected chi connectivity index (χ2v) is 7.85. The van der Waals surface area contributed by atoms with E-state index in [4.69, 9.17) is 16.3 Å². The number of hydrogen-bond donors (Lipinski definition) is 1. The molecule has 1 fully saturated rings. The molecule has 20 heavy (non-hydrogen) atoms. The van der Waals surface area contributed by atoms with E-state index in [0.29, 0.717) is 21.6 Å². The predicted octanol–water partition coefficient (Wildman–Crippen LogP) is 4.24. The van der Waals surface area contributed by atoms with Crippen LogP contribution in [0, 0.1) is 0 Å². The van der Waals surface area contributed by atoms with Gasteiger partial charge in [-0.3, -0.25) is 0 Å². The van der Waals surface area contributed by atoms with Gasteiger partial charge in [-0.15, -0.1) is 0 Å². The normalized spacial score (nSPS) is 24.4. The van der Waals surface area contributed by atoms with Crippen molar-refractivity contribution in [2.75, 3.05) is 25.7 Å². The van der Waals surface area contributed by atoms with Gasteiger partial charge in [-0.2, -0.15) is 23.5 Å². The van der Waals surface area contributed by atoms with Gasteiger partial charge in [-0.05, 0) is 31.2 Å². The molecule has 1 aliphatic rings. The Morgan fingerprint density at radius 3 is 2.80 bits per heavy atom. The maximum Gasteiger partial charge on any atom is 0.137 e. The van der Waals surface area contributed by atoms with Crippen LogP contribution in [0.2, 0.25) is 5.02 Å². The molecule has 1 N–H and O–H groups in total. The summed E-state index contributed by atoms with van der Waals surface area (Å²) < 4.78 is 5.35. The van der Waals surface area contributed by atoms with Crippen LogP contribution in [-0.2, 0) is 0 Å². The second-order valence-electron chi connectivity index (χ2n) is 4.81. The lowest BCUT2D eigenvalue weighted by atomic mass is 10.00. The highest BCUT2D eigenvalue weighted by Gasteiger charge is 2.32. The van der Waals surface area contributed by atoms with E-state index in [1.165, 1.54) is 23.5 Å². The minimum atomic E-state index is 0.337. The summed E-state index contributed by atoms with van der Waals surface area (Å²) >= 11 is 10.3. The zero-order valence-electron chi connectivity index (χ0n) is 12.2.